The topological polar surface area (TPSA) is 92.2 Å². The molecule has 3 aromatic rings. The lowest BCUT2D eigenvalue weighted by atomic mass is 10.0. The fourth-order valence-electron chi connectivity index (χ4n) is 3.24. The molecule has 2 heterocycles. The number of aliphatic hydroxyl groups excluding tert-OH is 1. The van der Waals surface area contributed by atoms with Crippen LogP contribution >= 0.6 is 22.9 Å². The second-order valence-electron chi connectivity index (χ2n) is 7.91. The summed E-state index contributed by atoms with van der Waals surface area (Å²) in [5, 5.41) is 17.4. The maximum atomic E-state index is 9.50. The minimum Gasteiger partial charge on any atom is -0.396 e. The van der Waals surface area contributed by atoms with E-state index in [-0.39, 0.29) is 18.6 Å². The molecule has 7 nitrogen and oxygen atoms in total. The van der Waals surface area contributed by atoms with Crippen molar-refractivity contribution in [1.82, 2.24) is 20.3 Å². The third-order valence-corrected chi connectivity index (χ3v) is 6.44. The number of nitrogens with zero attached hydrogens (tertiary/aromatic N) is 3. The molecule has 1 atom stereocenters. The van der Waals surface area contributed by atoms with Crippen LogP contribution in [-0.2, 0) is 11.3 Å². The Hall–Kier alpha value is -1.84. The van der Waals surface area contributed by atoms with Crippen LogP contribution < -0.4 is 10.6 Å². The summed E-state index contributed by atoms with van der Waals surface area (Å²) in [4.78, 5) is 14.0. The van der Waals surface area contributed by atoms with E-state index < -0.39 is 0 Å². The van der Waals surface area contributed by atoms with E-state index in [1.54, 1.807) is 11.3 Å². The summed E-state index contributed by atoms with van der Waals surface area (Å²) in [5.41, 5.74) is 1.65. The Morgan fingerprint density at radius 1 is 1.16 bits per heavy atom. The van der Waals surface area contributed by atoms with E-state index in [1.165, 1.54) is 0 Å². The van der Waals surface area contributed by atoms with E-state index in [2.05, 4.69) is 22.5 Å². The quantitative estimate of drug-likeness (QED) is 0.242. The fraction of sp³-hybridized carbons (Fsp3) is 0.522. The van der Waals surface area contributed by atoms with Crippen molar-refractivity contribution in [3.8, 4) is 10.6 Å². The van der Waals surface area contributed by atoms with E-state index in [0.717, 1.165) is 33.6 Å². The van der Waals surface area contributed by atoms with Gasteiger partial charge in [0.1, 0.15) is 21.8 Å². The lowest BCUT2D eigenvalue weighted by molar-refractivity contribution is 0.0806. The van der Waals surface area contributed by atoms with Crippen LogP contribution in [0.2, 0.25) is 5.15 Å². The third-order valence-electron chi connectivity index (χ3n) is 5.11. The molecule has 3 N–H and O–H groups in total. The molecule has 9 heteroatoms. The van der Waals surface area contributed by atoms with Crippen molar-refractivity contribution in [3.05, 3.63) is 35.2 Å². The number of aliphatic hydroxyl groups is 1. The van der Waals surface area contributed by atoms with Gasteiger partial charge in [0, 0.05) is 19.7 Å². The average Bonchev–Trinajstić information content (AvgIpc) is 3.19. The van der Waals surface area contributed by atoms with Crippen molar-refractivity contribution in [3.63, 3.8) is 0 Å². The van der Waals surface area contributed by atoms with Gasteiger partial charge in [-0.25, -0.2) is 15.0 Å². The van der Waals surface area contributed by atoms with E-state index in [9.17, 15) is 5.11 Å². The summed E-state index contributed by atoms with van der Waals surface area (Å²) in [6.45, 7) is 8.80. The van der Waals surface area contributed by atoms with Gasteiger partial charge >= 0.3 is 0 Å². The highest BCUT2D eigenvalue weighted by atomic mass is 35.5. The average molecular weight is 478 g/mol. The molecular formula is C23H32ClN5O2S. The molecule has 1 aromatic carbocycles. The fourth-order valence-corrected chi connectivity index (χ4v) is 4.58. The zero-order valence-electron chi connectivity index (χ0n) is 18.9. The molecule has 0 bridgehead atoms. The summed E-state index contributed by atoms with van der Waals surface area (Å²) in [7, 11) is 0. The van der Waals surface area contributed by atoms with Crippen LogP contribution in [0.15, 0.2) is 24.3 Å². The van der Waals surface area contributed by atoms with Crippen LogP contribution in [0.1, 0.15) is 39.4 Å². The standard InChI is InChI=1S/C23H32ClN5O2S/c1-4-16(14-30)9-10-26-22-20(23-27-17-7-5-6-8-18(17)32-23)21(24)28-19(29-22)13-25-11-12-31-15(2)3/h5-8,15-16,25,30H,4,9-14H2,1-3H3,(H,26,28,29). The SMILES string of the molecule is CCC(CO)CCNc1nc(CNCCOC(C)C)nc(Cl)c1-c1nc2ccccc2s1. The molecular weight excluding hydrogens is 446 g/mol. The molecule has 3 rings (SSSR count). The van der Waals surface area contributed by atoms with E-state index in [4.69, 9.17) is 26.3 Å². The number of ether oxygens (including phenoxy) is 1. The number of aromatic nitrogens is 3. The Balaban J connectivity index is 1.81. The minimum atomic E-state index is 0.182. The molecule has 174 valence electrons. The number of nitrogens with one attached hydrogen (secondary N) is 2. The maximum Gasteiger partial charge on any atom is 0.146 e. The summed E-state index contributed by atoms with van der Waals surface area (Å²) >= 11 is 8.23. The van der Waals surface area contributed by atoms with E-state index in [0.29, 0.717) is 43.0 Å². The zero-order chi connectivity index (χ0) is 22.9. The van der Waals surface area contributed by atoms with Crippen LogP contribution in [-0.4, -0.2) is 52.5 Å². The van der Waals surface area contributed by atoms with Crippen LogP contribution in [0.3, 0.4) is 0 Å². The minimum absolute atomic E-state index is 0.182. The lowest BCUT2D eigenvalue weighted by Crippen LogP contribution is -2.22. The largest absolute Gasteiger partial charge is 0.396 e. The molecule has 0 radical (unpaired) electrons. The number of anilines is 1. The molecule has 2 aromatic heterocycles. The van der Waals surface area contributed by atoms with Crippen molar-refractivity contribution in [2.24, 2.45) is 5.92 Å². The number of hydrogen-bond acceptors (Lipinski definition) is 8. The first-order valence-electron chi connectivity index (χ1n) is 11.1. The highest BCUT2D eigenvalue weighted by molar-refractivity contribution is 7.21. The molecule has 0 spiro atoms. The van der Waals surface area contributed by atoms with Gasteiger partial charge in [0.25, 0.3) is 0 Å². The lowest BCUT2D eigenvalue weighted by Gasteiger charge is -2.15. The second kappa shape index (κ2) is 12.4. The van der Waals surface area contributed by atoms with E-state index in [1.807, 2.05) is 38.1 Å². The van der Waals surface area contributed by atoms with Crippen LogP contribution in [0.5, 0.6) is 0 Å². The van der Waals surface area contributed by atoms with Crippen molar-refractivity contribution in [1.29, 1.82) is 0 Å². The summed E-state index contributed by atoms with van der Waals surface area (Å²) < 4.78 is 6.65. The van der Waals surface area contributed by atoms with Crippen LogP contribution in [0.4, 0.5) is 5.82 Å². The second-order valence-corrected chi connectivity index (χ2v) is 9.30. The Morgan fingerprint density at radius 2 is 1.97 bits per heavy atom. The molecule has 0 amide bonds. The smallest absolute Gasteiger partial charge is 0.146 e. The first kappa shape index (κ1) is 24.8. The Labute approximate surface area is 198 Å². The summed E-state index contributed by atoms with van der Waals surface area (Å²) in [6.07, 6.45) is 1.98. The van der Waals surface area contributed by atoms with Gasteiger partial charge in [-0.2, -0.15) is 0 Å². The van der Waals surface area contributed by atoms with Gasteiger partial charge in [-0.3, -0.25) is 0 Å². The van der Waals surface area contributed by atoms with Crippen LogP contribution in [0, 0.1) is 5.92 Å². The predicted molar refractivity (Wildman–Crippen MR) is 132 cm³/mol. The third kappa shape index (κ3) is 6.83. The Bertz CT molecular complexity index is 961. The van der Waals surface area contributed by atoms with Gasteiger partial charge in [-0.1, -0.05) is 37.1 Å². The Morgan fingerprint density at radius 3 is 2.69 bits per heavy atom. The van der Waals surface area contributed by atoms with Crippen molar-refractivity contribution >= 4 is 39.0 Å². The molecule has 0 fully saturated rings. The molecule has 0 aliphatic heterocycles. The normalized spacial score (nSPS) is 12.6. The summed E-state index contributed by atoms with van der Waals surface area (Å²) in [6, 6.07) is 8.00. The van der Waals surface area contributed by atoms with Gasteiger partial charge < -0.3 is 20.5 Å². The molecule has 32 heavy (non-hydrogen) atoms. The van der Waals surface area contributed by atoms with Crippen LogP contribution in [0.25, 0.3) is 20.8 Å². The number of hydrogen-bond donors (Lipinski definition) is 3. The molecule has 0 saturated carbocycles. The zero-order valence-corrected chi connectivity index (χ0v) is 20.5. The first-order valence-corrected chi connectivity index (χ1v) is 12.3. The van der Waals surface area contributed by atoms with E-state index >= 15 is 0 Å². The number of para-hydroxylation sites is 1. The highest BCUT2D eigenvalue weighted by Gasteiger charge is 2.19. The number of thiazole rings is 1. The van der Waals surface area contributed by atoms with Gasteiger partial charge in [0.2, 0.25) is 0 Å². The van der Waals surface area contributed by atoms with Crippen molar-refractivity contribution < 1.29 is 9.84 Å². The van der Waals surface area contributed by atoms with Crippen molar-refractivity contribution in [2.75, 3.05) is 31.6 Å². The molecule has 0 saturated heterocycles. The number of rotatable bonds is 13. The molecule has 1 unspecified atom stereocenters. The van der Waals surface area contributed by atoms with Gasteiger partial charge in [-0.15, -0.1) is 11.3 Å². The monoisotopic (exact) mass is 477 g/mol. The predicted octanol–water partition coefficient (Wildman–Crippen LogP) is 4.74. The number of halogens is 1. The van der Waals surface area contributed by atoms with Crippen molar-refractivity contribution in [2.45, 2.75) is 46.3 Å². The van der Waals surface area contributed by atoms with Gasteiger partial charge in [0.15, 0.2) is 0 Å². The van der Waals surface area contributed by atoms with Gasteiger partial charge in [-0.05, 0) is 38.3 Å². The Kier molecular flexibility index (Phi) is 9.62. The summed E-state index contributed by atoms with van der Waals surface area (Å²) in [5.74, 6) is 1.54. The number of benzene rings is 1. The highest BCUT2D eigenvalue weighted by Crippen LogP contribution is 2.37. The van der Waals surface area contributed by atoms with Gasteiger partial charge in [0.05, 0.1) is 35.0 Å². The molecule has 0 aliphatic rings. The molecule has 0 aliphatic carbocycles. The number of fused-ring (bicyclic) bond motifs is 1. The first-order chi connectivity index (χ1) is 15.5. The maximum absolute atomic E-state index is 9.50.